The summed E-state index contributed by atoms with van der Waals surface area (Å²) in [5.41, 5.74) is 1.05. The molecule has 1 aliphatic heterocycles. The summed E-state index contributed by atoms with van der Waals surface area (Å²) in [6, 6.07) is 6.50. The predicted octanol–water partition coefficient (Wildman–Crippen LogP) is 4.31. The summed E-state index contributed by atoms with van der Waals surface area (Å²) < 4.78 is 1.05. The Morgan fingerprint density at radius 2 is 1.95 bits per heavy atom. The number of nitrogens with zero attached hydrogens (tertiary/aromatic N) is 1. The summed E-state index contributed by atoms with van der Waals surface area (Å²) in [4.78, 5) is 2.59. The first kappa shape index (κ1) is 13.4. The molecule has 3 heteroatoms. The minimum atomic E-state index is 0.431. The van der Waals surface area contributed by atoms with Gasteiger partial charge in [0.05, 0.1) is 0 Å². The smallest absolute Gasteiger partial charge is 0.120 e. The number of phenols is 1. The summed E-state index contributed by atoms with van der Waals surface area (Å²) in [6.07, 6.45) is 8.31. The van der Waals surface area contributed by atoms with Crippen LogP contribution in [0.5, 0.6) is 5.75 Å². The first-order valence-corrected chi connectivity index (χ1v) is 8.25. The zero-order chi connectivity index (χ0) is 13.2. The van der Waals surface area contributed by atoms with Crippen LogP contribution >= 0.6 is 15.9 Å². The van der Waals surface area contributed by atoms with E-state index < -0.39 is 0 Å². The number of benzene rings is 1. The molecule has 1 aliphatic carbocycles. The van der Waals surface area contributed by atoms with Crippen LogP contribution in [0, 0.1) is 5.92 Å². The minimum absolute atomic E-state index is 0.431. The van der Waals surface area contributed by atoms with Gasteiger partial charge in [-0.3, -0.25) is 4.90 Å². The van der Waals surface area contributed by atoms with Gasteiger partial charge in [-0.05, 0) is 56.3 Å². The molecule has 19 heavy (non-hydrogen) atoms. The standard InChI is InChI=1S/C16H22BrNO/c17-14-7-8-16(19)13(10-14)11-18-9-3-6-15(18)12-4-1-2-5-12/h7-8,10,12,15,19H,1-6,9,11H2. The van der Waals surface area contributed by atoms with E-state index >= 15 is 0 Å². The van der Waals surface area contributed by atoms with Crippen LogP contribution in [0.4, 0.5) is 0 Å². The van der Waals surface area contributed by atoms with Gasteiger partial charge < -0.3 is 5.11 Å². The first-order chi connectivity index (χ1) is 9.24. The molecule has 1 N–H and O–H groups in total. The van der Waals surface area contributed by atoms with Gasteiger partial charge >= 0.3 is 0 Å². The largest absolute Gasteiger partial charge is 0.508 e. The molecule has 1 aromatic carbocycles. The van der Waals surface area contributed by atoms with Crippen LogP contribution in [0.2, 0.25) is 0 Å². The fraction of sp³-hybridized carbons (Fsp3) is 0.625. The highest BCUT2D eigenvalue weighted by atomic mass is 79.9. The van der Waals surface area contributed by atoms with Crippen LogP contribution in [-0.4, -0.2) is 22.6 Å². The maximum absolute atomic E-state index is 10.00. The number of aromatic hydroxyl groups is 1. The van der Waals surface area contributed by atoms with Crippen LogP contribution in [0.25, 0.3) is 0 Å². The molecule has 0 amide bonds. The minimum Gasteiger partial charge on any atom is -0.508 e. The molecule has 1 saturated carbocycles. The van der Waals surface area contributed by atoms with Crippen LogP contribution in [0.1, 0.15) is 44.1 Å². The number of likely N-dealkylation sites (tertiary alicyclic amines) is 1. The zero-order valence-electron chi connectivity index (χ0n) is 11.3. The summed E-state index contributed by atoms with van der Waals surface area (Å²) in [7, 11) is 0. The van der Waals surface area contributed by atoms with Crippen LogP contribution in [0.15, 0.2) is 22.7 Å². The average Bonchev–Trinajstić information content (AvgIpc) is 3.03. The van der Waals surface area contributed by atoms with Gasteiger partial charge in [-0.1, -0.05) is 28.8 Å². The molecule has 1 atom stereocenters. The maximum Gasteiger partial charge on any atom is 0.120 e. The summed E-state index contributed by atoms with van der Waals surface area (Å²) in [6.45, 7) is 2.08. The molecule has 0 spiro atoms. The van der Waals surface area contributed by atoms with Crippen LogP contribution in [0.3, 0.4) is 0 Å². The van der Waals surface area contributed by atoms with Crippen molar-refractivity contribution in [2.45, 2.75) is 51.1 Å². The van der Waals surface area contributed by atoms with E-state index in [0.717, 1.165) is 28.5 Å². The van der Waals surface area contributed by atoms with Gasteiger partial charge in [-0.15, -0.1) is 0 Å². The molecule has 2 aliphatic rings. The Bertz CT molecular complexity index is 442. The fourth-order valence-electron chi connectivity index (χ4n) is 3.82. The van der Waals surface area contributed by atoms with E-state index in [1.54, 1.807) is 6.07 Å². The Kier molecular flexibility index (Phi) is 4.13. The third-order valence-electron chi connectivity index (χ3n) is 4.77. The van der Waals surface area contributed by atoms with Gasteiger partial charge in [0.2, 0.25) is 0 Å². The van der Waals surface area contributed by atoms with Crippen molar-refractivity contribution < 1.29 is 5.11 Å². The Balaban J connectivity index is 1.72. The van der Waals surface area contributed by atoms with E-state index in [0.29, 0.717) is 5.75 Å². The van der Waals surface area contributed by atoms with E-state index in [1.165, 1.54) is 45.1 Å². The van der Waals surface area contributed by atoms with Crippen molar-refractivity contribution in [3.63, 3.8) is 0 Å². The molecular formula is C16H22BrNO. The summed E-state index contributed by atoms with van der Waals surface area (Å²) in [5.74, 6) is 1.33. The van der Waals surface area contributed by atoms with Crippen molar-refractivity contribution in [1.82, 2.24) is 4.90 Å². The second kappa shape index (κ2) is 5.84. The van der Waals surface area contributed by atoms with Crippen molar-refractivity contribution in [2.24, 2.45) is 5.92 Å². The van der Waals surface area contributed by atoms with E-state index in [9.17, 15) is 5.11 Å². The molecule has 1 aromatic rings. The SMILES string of the molecule is Oc1ccc(Br)cc1CN1CCCC1C1CCCC1. The molecule has 0 aromatic heterocycles. The Morgan fingerprint density at radius 1 is 1.16 bits per heavy atom. The molecule has 3 rings (SSSR count). The van der Waals surface area contributed by atoms with Gasteiger partial charge in [0.25, 0.3) is 0 Å². The lowest BCUT2D eigenvalue weighted by Crippen LogP contribution is -2.34. The normalized spacial score (nSPS) is 25.2. The maximum atomic E-state index is 10.00. The molecule has 0 radical (unpaired) electrons. The highest BCUT2D eigenvalue weighted by Gasteiger charge is 2.33. The van der Waals surface area contributed by atoms with Crippen molar-refractivity contribution >= 4 is 15.9 Å². The van der Waals surface area contributed by atoms with E-state index in [-0.39, 0.29) is 0 Å². The Labute approximate surface area is 123 Å². The van der Waals surface area contributed by atoms with E-state index in [2.05, 4.69) is 26.9 Å². The highest BCUT2D eigenvalue weighted by Crippen LogP contribution is 2.36. The number of halogens is 1. The van der Waals surface area contributed by atoms with Crippen molar-refractivity contribution in [3.05, 3.63) is 28.2 Å². The van der Waals surface area contributed by atoms with Gasteiger partial charge in [0.1, 0.15) is 5.75 Å². The zero-order valence-corrected chi connectivity index (χ0v) is 12.9. The van der Waals surface area contributed by atoms with Gasteiger partial charge in [0, 0.05) is 22.6 Å². The molecule has 2 nitrogen and oxygen atoms in total. The average molecular weight is 324 g/mol. The second-order valence-electron chi connectivity index (χ2n) is 6.00. The molecular weight excluding hydrogens is 302 g/mol. The van der Waals surface area contributed by atoms with Crippen molar-refractivity contribution in [2.75, 3.05) is 6.54 Å². The van der Waals surface area contributed by atoms with E-state index in [1.807, 2.05) is 6.07 Å². The first-order valence-electron chi connectivity index (χ1n) is 7.45. The Hall–Kier alpha value is -0.540. The lowest BCUT2D eigenvalue weighted by atomic mass is 9.96. The number of rotatable bonds is 3. The number of hydrogen-bond donors (Lipinski definition) is 1. The quantitative estimate of drug-likeness (QED) is 0.895. The fourth-order valence-corrected chi connectivity index (χ4v) is 4.23. The van der Waals surface area contributed by atoms with Crippen LogP contribution in [-0.2, 0) is 6.54 Å². The van der Waals surface area contributed by atoms with Crippen molar-refractivity contribution in [1.29, 1.82) is 0 Å². The monoisotopic (exact) mass is 323 g/mol. The number of hydrogen-bond acceptors (Lipinski definition) is 2. The predicted molar refractivity (Wildman–Crippen MR) is 81.2 cm³/mol. The molecule has 1 saturated heterocycles. The van der Waals surface area contributed by atoms with Gasteiger partial charge in [-0.25, -0.2) is 0 Å². The summed E-state index contributed by atoms with van der Waals surface area (Å²) >= 11 is 3.50. The third kappa shape index (κ3) is 2.97. The topological polar surface area (TPSA) is 23.5 Å². The number of phenolic OH excluding ortho intramolecular Hbond substituents is 1. The Morgan fingerprint density at radius 3 is 2.74 bits per heavy atom. The van der Waals surface area contributed by atoms with Gasteiger partial charge in [0.15, 0.2) is 0 Å². The molecule has 0 bridgehead atoms. The lowest BCUT2D eigenvalue weighted by Gasteiger charge is -2.29. The lowest BCUT2D eigenvalue weighted by molar-refractivity contribution is 0.181. The van der Waals surface area contributed by atoms with Crippen molar-refractivity contribution in [3.8, 4) is 5.75 Å². The second-order valence-corrected chi connectivity index (χ2v) is 6.91. The third-order valence-corrected chi connectivity index (χ3v) is 5.27. The van der Waals surface area contributed by atoms with E-state index in [4.69, 9.17) is 0 Å². The highest BCUT2D eigenvalue weighted by molar-refractivity contribution is 9.10. The van der Waals surface area contributed by atoms with Crippen LogP contribution < -0.4 is 0 Å². The molecule has 1 unspecified atom stereocenters. The molecule has 2 fully saturated rings. The summed E-state index contributed by atoms with van der Waals surface area (Å²) in [5, 5.41) is 10.00. The molecule has 104 valence electrons. The van der Waals surface area contributed by atoms with Gasteiger partial charge in [-0.2, -0.15) is 0 Å². The molecule has 1 heterocycles.